The van der Waals surface area contributed by atoms with Gasteiger partial charge in [0.15, 0.2) is 0 Å². The maximum atomic E-state index is 11.9. The minimum atomic E-state index is -0.287. The van der Waals surface area contributed by atoms with Crippen molar-refractivity contribution >= 4 is 23.0 Å². The number of para-hydroxylation sites is 1. The van der Waals surface area contributed by atoms with E-state index in [1.54, 1.807) is 17.4 Å². The van der Waals surface area contributed by atoms with Crippen LogP contribution in [0.3, 0.4) is 0 Å². The van der Waals surface area contributed by atoms with E-state index in [2.05, 4.69) is 31.3 Å². The summed E-state index contributed by atoms with van der Waals surface area (Å²) < 4.78 is 5.08. The molecule has 0 saturated carbocycles. The lowest BCUT2D eigenvalue weighted by atomic mass is 10.1. The lowest BCUT2D eigenvalue weighted by Crippen LogP contribution is -2.11. The van der Waals surface area contributed by atoms with Gasteiger partial charge in [0.1, 0.15) is 0 Å². The molecule has 1 aromatic heterocycles. The highest BCUT2D eigenvalue weighted by Crippen LogP contribution is 2.27. The summed E-state index contributed by atoms with van der Waals surface area (Å²) in [5, 5.41) is 3.39. The third-order valence-electron chi connectivity index (χ3n) is 2.98. The van der Waals surface area contributed by atoms with Gasteiger partial charge in [-0.25, -0.2) is 4.79 Å². The van der Waals surface area contributed by atoms with Crippen molar-refractivity contribution in [3.63, 3.8) is 0 Å². The minimum Gasteiger partial charge on any atom is -0.462 e. The Labute approximate surface area is 123 Å². The molecule has 3 nitrogen and oxygen atoms in total. The molecule has 20 heavy (non-hydrogen) atoms. The number of aryl methyl sites for hydroxylation is 1. The molecule has 1 heterocycles. The second-order valence-corrected chi connectivity index (χ2v) is 5.90. The number of hydrogen-bond acceptors (Lipinski definition) is 4. The summed E-state index contributed by atoms with van der Waals surface area (Å²) in [5.74, 6) is -0.287. The molecule has 0 spiro atoms. The Bertz CT molecular complexity index is 592. The zero-order valence-corrected chi connectivity index (χ0v) is 12.8. The zero-order valence-electron chi connectivity index (χ0n) is 12.0. The molecule has 1 atom stereocenters. The van der Waals surface area contributed by atoms with Gasteiger partial charge in [-0.15, -0.1) is 11.3 Å². The van der Waals surface area contributed by atoms with Gasteiger partial charge >= 0.3 is 5.97 Å². The lowest BCUT2D eigenvalue weighted by Gasteiger charge is -2.16. The molecule has 0 fully saturated rings. The van der Waals surface area contributed by atoms with Crippen LogP contribution in [0.25, 0.3) is 0 Å². The van der Waals surface area contributed by atoms with Crippen LogP contribution < -0.4 is 5.32 Å². The fourth-order valence-corrected chi connectivity index (χ4v) is 2.87. The number of rotatable bonds is 5. The van der Waals surface area contributed by atoms with Crippen LogP contribution in [0.4, 0.5) is 5.69 Å². The largest absolute Gasteiger partial charge is 0.462 e. The fraction of sp³-hybridized carbons (Fsp3) is 0.312. The Kier molecular flexibility index (Phi) is 4.79. The third kappa shape index (κ3) is 3.39. The molecule has 2 rings (SSSR count). The number of thiophene rings is 1. The predicted octanol–water partition coefficient (Wildman–Crippen LogP) is 4.41. The number of esters is 1. The fourth-order valence-electron chi connectivity index (χ4n) is 1.99. The van der Waals surface area contributed by atoms with E-state index >= 15 is 0 Å². The number of carbonyl (C=O) groups excluding carboxylic acids is 1. The second-order valence-electron chi connectivity index (χ2n) is 4.58. The minimum absolute atomic E-state index is 0.157. The van der Waals surface area contributed by atoms with Gasteiger partial charge in [0.25, 0.3) is 0 Å². The van der Waals surface area contributed by atoms with Gasteiger partial charge < -0.3 is 10.1 Å². The molecule has 1 unspecified atom stereocenters. The van der Waals surface area contributed by atoms with Crippen LogP contribution in [0.5, 0.6) is 0 Å². The Balaban J connectivity index is 2.18. The smallest absolute Gasteiger partial charge is 0.340 e. The Hall–Kier alpha value is -1.81. The Morgan fingerprint density at radius 1 is 1.30 bits per heavy atom. The lowest BCUT2D eigenvalue weighted by molar-refractivity contribution is 0.0527. The summed E-state index contributed by atoms with van der Waals surface area (Å²) in [4.78, 5) is 14.5. The second kappa shape index (κ2) is 6.57. The zero-order chi connectivity index (χ0) is 14.5. The average molecular weight is 289 g/mol. The number of benzene rings is 1. The molecule has 1 aromatic carbocycles. The van der Waals surface area contributed by atoms with Gasteiger partial charge in [-0.3, -0.25) is 0 Å². The molecule has 0 amide bonds. The van der Waals surface area contributed by atoms with Crippen LogP contribution >= 0.6 is 11.3 Å². The van der Waals surface area contributed by atoms with E-state index in [-0.39, 0.29) is 12.0 Å². The highest BCUT2D eigenvalue weighted by Gasteiger charge is 2.14. The van der Waals surface area contributed by atoms with Crippen molar-refractivity contribution in [2.45, 2.75) is 26.8 Å². The Morgan fingerprint density at radius 3 is 2.70 bits per heavy atom. The highest BCUT2D eigenvalue weighted by molar-refractivity contribution is 7.12. The highest BCUT2D eigenvalue weighted by atomic mass is 32.1. The first kappa shape index (κ1) is 14.6. The SMILES string of the molecule is CCOC(=O)c1ccccc1NC(C)c1ccc(C)s1. The van der Waals surface area contributed by atoms with Crippen LogP contribution in [0.1, 0.15) is 40.0 Å². The van der Waals surface area contributed by atoms with Gasteiger partial charge in [-0.05, 0) is 45.0 Å². The van der Waals surface area contributed by atoms with Crippen LogP contribution in [0.15, 0.2) is 36.4 Å². The van der Waals surface area contributed by atoms with E-state index in [1.165, 1.54) is 9.75 Å². The van der Waals surface area contributed by atoms with Gasteiger partial charge in [0.05, 0.1) is 18.2 Å². The first-order chi connectivity index (χ1) is 9.61. The van der Waals surface area contributed by atoms with E-state index in [4.69, 9.17) is 4.74 Å². The Morgan fingerprint density at radius 2 is 2.05 bits per heavy atom. The molecule has 0 saturated heterocycles. The van der Waals surface area contributed by atoms with E-state index in [9.17, 15) is 4.79 Å². The van der Waals surface area contributed by atoms with E-state index < -0.39 is 0 Å². The van der Waals surface area contributed by atoms with Crippen LogP contribution in [0, 0.1) is 6.92 Å². The number of anilines is 1. The third-order valence-corrected chi connectivity index (χ3v) is 4.17. The molecular weight excluding hydrogens is 270 g/mol. The van der Waals surface area contributed by atoms with Crippen molar-refractivity contribution in [3.05, 3.63) is 51.7 Å². The summed E-state index contributed by atoms with van der Waals surface area (Å²) in [6.45, 7) is 6.37. The van der Waals surface area contributed by atoms with Crippen molar-refractivity contribution < 1.29 is 9.53 Å². The van der Waals surface area contributed by atoms with Crippen molar-refractivity contribution in [2.24, 2.45) is 0 Å². The molecule has 1 N–H and O–H groups in total. The van der Waals surface area contributed by atoms with Crippen molar-refractivity contribution in [3.8, 4) is 0 Å². The van der Waals surface area contributed by atoms with Crippen molar-refractivity contribution in [1.29, 1.82) is 0 Å². The van der Waals surface area contributed by atoms with E-state index in [0.717, 1.165) is 5.69 Å². The molecule has 0 bridgehead atoms. The van der Waals surface area contributed by atoms with Gasteiger partial charge in [0, 0.05) is 15.4 Å². The molecule has 0 radical (unpaired) electrons. The maximum Gasteiger partial charge on any atom is 0.340 e. The molecular formula is C16H19NO2S. The molecule has 0 aliphatic carbocycles. The summed E-state index contributed by atoms with van der Waals surface area (Å²) in [6.07, 6.45) is 0. The normalized spacial score (nSPS) is 11.9. The molecule has 0 aliphatic heterocycles. The van der Waals surface area contributed by atoms with Crippen LogP contribution in [-0.2, 0) is 4.74 Å². The summed E-state index contributed by atoms with van der Waals surface area (Å²) in [5.41, 5.74) is 1.39. The number of ether oxygens (including phenoxy) is 1. The van der Waals surface area contributed by atoms with Gasteiger partial charge in [0.2, 0.25) is 0 Å². The number of nitrogens with one attached hydrogen (secondary N) is 1. The summed E-state index contributed by atoms with van der Waals surface area (Å²) in [7, 11) is 0. The molecule has 4 heteroatoms. The maximum absolute atomic E-state index is 11.9. The molecule has 106 valence electrons. The number of hydrogen-bond donors (Lipinski definition) is 1. The first-order valence-corrected chi connectivity index (χ1v) is 7.52. The van der Waals surface area contributed by atoms with Gasteiger partial charge in [-0.1, -0.05) is 12.1 Å². The molecule has 0 aliphatic rings. The topological polar surface area (TPSA) is 38.3 Å². The average Bonchev–Trinajstić information content (AvgIpc) is 2.86. The summed E-state index contributed by atoms with van der Waals surface area (Å²) in [6, 6.07) is 11.8. The standard InChI is InChI=1S/C16H19NO2S/c1-4-19-16(18)13-7-5-6-8-14(13)17-12(3)15-10-9-11(2)20-15/h5-10,12,17H,4H2,1-3H3. The van der Waals surface area contributed by atoms with E-state index in [1.807, 2.05) is 25.1 Å². The van der Waals surface area contributed by atoms with Crippen molar-refractivity contribution in [1.82, 2.24) is 0 Å². The quantitative estimate of drug-likeness (QED) is 0.829. The van der Waals surface area contributed by atoms with Crippen LogP contribution in [0.2, 0.25) is 0 Å². The monoisotopic (exact) mass is 289 g/mol. The van der Waals surface area contributed by atoms with E-state index in [0.29, 0.717) is 12.2 Å². The first-order valence-electron chi connectivity index (χ1n) is 6.71. The predicted molar refractivity (Wildman–Crippen MR) is 83.5 cm³/mol. The van der Waals surface area contributed by atoms with Crippen molar-refractivity contribution in [2.75, 3.05) is 11.9 Å². The summed E-state index contributed by atoms with van der Waals surface area (Å²) >= 11 is 1.76. The van der Waals surface area contributed by atoms with Crippen LogP contribution in [-0.4, -0.2) is 12.6 Å². The van der Waals surface area contributed by atoms with Gasteiger partial charge in [-0.2, -0.15) is 0 Å². The molecule has 2 aromatic rings. The number of carbonyl (C=O) groups is 1.